The highest BCUT2D eigenvalue weighted by Gasteiger charge is 2.13. The Kier molecular flexibility index (Phi) is 2.83. The first-order valence-electron chi connectivity index (χ1n) is 6.36. The summed E-state index contributed by atoms with van der Waals surface area (Å²) in [5.41, 5.74) is 12.2. The summed E-state index contributed by atoms with van der Waals surface area (Å²) < 4.78 is 2.02. The van der Waals surface area contributed by atoms with Gasteiger partial charge in [0.2, 0.25) is 0 Å². The summed E-state index contributed by atoms with van der Waals surface area (Å²) in [6.45, 7) is 2.63. The molecular weight excluding hydrogens is 238 g/mol. The Labute approximate surface area is 111 Å². The second kappa shape index (κ2) is 4.51. The second-order valence-electron chi connectivity index (χ2n) is 4.77. The lowest BCUT2D eigenvalue weighted by Gasteiger charge is -2.04. The highest BCUT2D eigenvalue weighted by atomic mass is 15.1. The molecule has 0 amide bonds. The molecular formula is C14H17N5. The third-order valence-electron chi connectivity index (χ3n) is 3.42. The average molecular weight is 255 g/mol. The van der Waals surface area contributed by atoms with Crippen molar-refractivity contribution < 1.29 is 0 Å². The number of nitrogens with one attached hydrogen (secondary N) is 1. The van der Waals surface area contributed by atoms with Gasteiger partial charge in [0.1, 0.15) is 0 Å². The predicted octanol–water partition coefficient (Wildman–Crippen LogP) is 1.77. The first-order chi connectivity index (χ1) is 9.20. The van der Waals surface area contributed by atoms with Crippen LogP contribution in [0.4, 0.5) is 0 Å². The number of benzene rings is 1. The van der Waals surface area contributed by atoms with Gasteiger partial charge in [-0.05, 0) is 31.2 Å². The van der Waals surface area contributed by atoms with Gasteiger partial charge in [-0.1, -0.05) is 6.07 Å². The highest BCUT2D eigenvalue weighted by Crippen LogP contribution is 2.28. The van der Waals surface area contributed by atoms with Gasteiger partial charge in [-0.2, -0.15) is 5.10 Å². The van der Waals surface area contributed by atoms with Crippen molar-refractivity contribution in [2.75, 3.05) is 6.54 Å². The number of nitrogens with two attached hydrogens (primary N) is 1. The third kappa shape index (κ3) is 1.92. The van der Waals surface area contributed by atoms with Crippen LogP contribution in [0.2, 0.25) is 0 Å². The molecule has 0 unspecified atom stereocenters. The van der Waals surface area contributed by atoms with Gasteiger partial charge in [0.15, 0.2) is 0 Å². The van der Waals surface area contributed by atoms with E-state index >= 15 is 0 Å². The second-order valence-corrected chi connectivity index (χ2v) is 4.77. The van der Waals surface area contributed by atoms with Crippen molar-refractivity contribution in [3.63, 3.8) is 0 Å². The summed E-state index contributed by atoms with van der Waals surface area (Å²) in [5.74, 6) is 0. The normalized spacial score (nSPS) is 11.3. The van der Waals surface area contributed by atoms with Crippen molar-refractivity contribution >= 4 is 11.0 Å². The number of nitrogens with zero attached hydrogens (tertiary/aromatic N) is 3. The molecule has 98 valence electrons. The van der Waals surface area contributed by atoms with Crippen molar-refractivity contribution in [2.45, 2.75) is 13.3 Å². The molecule has 0 radical (unpaired) electrons. The van der Waals surface area contributed by atoms with E-state index in [0.717, 1.165) is 40.0 Å². The van der Waals surface area contributed by atoms with Gasteiger partial charge in [-0.25, -0.2) is 4.98 Å². The standard InChI is InChI=1S/C14H17N5/c1-9-14(11(5-6-15)18-17-9)10-3-4-13-12(7-10)16-8-19(13)2/h3-4,7-8H,5-6,15H2,1-2H3,(H,17,18). The zero-order valence-electron chi connectivity index (χ0n) is 11.1. The smallest absolute Gasteiger partial charge is 0.0955 e. The van der Waals surface area contributed by atoms with Gasteiger partial charge in [-0.15, -0.1) is 0 Å². The van der Waals surface area contributed by atoms with Crippen molar-refractivity contribution in [1.82, 2.24) is 19.7 Å². The number of aryl methyl sites for hydroxylation is 2. The maximum absolute atomic E-state index is 5.64. The molecule has 0 aliphatic heterocycles. The molecule has 0 aliphatic rings. The van der Waals surface area contributed by atoms with Crippen LogP contribution in [0.1, 0.15) is 11.4 Å². The lowest BCUT2D eigenvalue weighted by atomic mass is 10.0. The molecule has 0 aliphatic carbocycles. The van der Waals surface area contributed by atoms with E-state index in [9.17, 15) is 0 Å². The van der Waals surface area contributed by atoms with E-state index in [1.54, 1.807) is 0 Å². The lowest BCUT2D eigenvalue weighted by Crippen LogP contribution is -2.04. The summed E-state index contributed by atoms with van der Waals surface area (Å²) >= 11 is 0. The molecule has 0 bridgehead atoms. The number of fused-ring (bicyclic) bond motifs is 1. The van der Waals surface area contributed by atoms with E-state index in [2.05, 4.69) is 33.4 Å². The van der Waals surface area contributed by atoms with Crippen molar-refractivity contribution in [3.8, 4) is 11.1 Å². The number of hydrogen-bond acceptors (Lipinski definition) is 3. The summed E-state index contributed by atoms with van der Waals surface area (Å²) in [6.07, 6.45) is 2.61. The molecule has 5 nitrogen and oxygen atoms in total. The van der Waals surface area contributed by atoms with Crippen LogP contribution >= 0.6 is 0 Å². The van der Waals surface area contributed by atoms with Gasteiger partial charge >= 0.3 is 0 Å². The number of aromatic nitrogens is 4. The molecule has 0 atom stereocenters. The third-order valence-corrected chi connectivity index (χ3v) is 3.42. The van der Waals surface area contributed by atoms with E-state index < -0.39 is 0 Å². The number of H-pyrrole nitrogens is 1. The van der Waals surface area contributed by atoms with E-state index in [1.165, 1.54) is 0 Å². The Morgan fingerprint density at radius 1 is 1.37 bits per heavy atom. The molecule has 2 aromatic heterocycles. The summed E-state index contributed by atoms with van der Waals surface area (Å²) in [4.78, 5) is 4.40. The quantitative estimate of drug-likeness (QED) is 0.749. The SMILES string of the molecule is Cc1[nH]nc(CCN)c1-c1ccc2c(c1)ncn2C. The molecule has 2 heterocycles. The molecule has 3 rings (SSSR count). The van der Waals surface area contributed by atoms with E-state index in [1.807, 2.05) is 24.9 Å². The predicted molar refractivity (Wildman–Crippen MR) is 75.8 cm³/mol. The van der Waals surface area contributed by atoms with Crippen LogP contribution in [0, 0.1) is 6.92 Å². The molecule has 3 N–H and O–H groups in total. The lowest BCUT2D eigenvalue weighted by molar-refractivity contribution is 0.899. The van der Waals surface area contributed by atoms with Gasteiger partial charge in [0, 0.05) is 24.7 Å². The molecule has 0 saturated heterocycles. The molecule has 19 heavy (non-hydrogen) atoms. The van der Waals surface area contributed by atoms with Crippen LogP contribution in [0.15, 0.2) is 24.5 Å². The molecule has 5 heteroatoms. The average Bonchev–Trinajstić information content (AvgIpc) is 2.94. The summed E-state index contributed by atoms with van der Waals surface area (Å²) in [5, 5.41) is 7.38. The summed E-state index contributed by atoms with van der Waals surface area (Å²) in [7, 11) is 2.00. The van der Waals surface area contributed by atoms with Crippen molar-refractivity contribution in [3.05, 3.63) is 35.9 Å². The van der Waals surface area contributed by atoms with E-state index in [0.29, 0.717) is 6.54 Å². The fourth-order valence-corrected chi connectivity index (χ4v) is 2.47. The largest absolute Gasteiger partial charge is 0.334 e. The van der Waals surface area contributed by atoms with Gasteiger partial charge < -0.3 is 10.3 Å². The first-order valence-corrected chi connectivity index (χ1v) is 6.36. The van der Waals surface area contributed by atoms with Crippen LogP contribution in [-0.2, 0) is 13.5 Å². The Balaban J connectivity index is 2.15. The van der Waals surface area contributed by atoms with Crippen molar-refractivity contribution in [2.24, 2.45) is 12.8 Å². The Morgan fingerprint density at radius 3 is 3.00 bits per heavy atom. The molecule has 3 aromatic rings. The van der Waals surface area contributed by atoms with Gasteiger partial charge in [0.25, 0.3) is 0 Å². The minimum atomic E-state index is 0.600. The van der Waals surface area contributed by atoms with Crippen LogP contribution in [0.5, 0.6) is 0 Å². The molecule has 0 saturated carbocycles. The topological polar surface area (TPSA) is 72.5 Å². The number of aromatic amines is 1. The number of rotatable bonds is 3. The van der Waals surface area contributed by atoms with Gasteiger partial charge in [0.05, 0.1) is 23.1 Å². The maximum atomic E-state index is 5.64. The number of imidazole rings is 1. The van der Waals surface area contributed by atoms with Crippen LogP contribution < -0.4 is 5.73 Å². The minimum absolute atomic E-state index is 0.600. The van der Waals surface area contributed by atoms with E-state index in [-0.39, 0.29) is 0 Å². The fraction of sp³-hybridized carbons (Fsp3) is 0.286. The maximum Gasteiger partial charge on any atom is 0.0955 e. The zero-order chi connectivity index (χ0) is 13.4. The van der Waals surface area contributed by atoms with Crippen LogP contribution in [0.25, 0.3) is 22.2 Å². The zero-order valence-corrected chi connectivity index (χ0v) is 11.1. The highest BCUT2D eigenvalue weighted by molar-refractivity contribution is 5.83. The molecule has 1 aromatic carbocycles. The van der Waals surface area contributed by atoms with Crippen molar-refractivity contribution in [1.29, 1.82) is 0 Å². The Bertz CT molecular complexity index is 723. The minimum Gasteiger partial charge on any atom is -0.334 e. The van der Waals surface area contributed by atoms with Crippen LogP contribution in [0.3, 0.4) is 0 Å². The fourth-order valence-electron chi connectivity index (χ4n) is 2.47. The molecule has 0 spiro atoms. The molecule has 0 fully saturated rings. The first kappa shape index (κ1) is 11.9. The van der Waals surface area contributed by atoms with Crippen LogP contribution in [-0.4, -0.2) is 26.3 Å². The Hall–Kier alpha value is -2.14. The van der Waals surface area contributed by atoms with Gasteiger partial charge in [-0.3, -0.25) is 5.10 Å². The number of hydrogen-bond donors (Lipinski definition) is 2. The monoisotopic (exact) mass is 255 g/mol. The van der Waals surface area contributed by atoms with E-state index in [4.69, 9.17) is 5.73 Å². The summed E-state index contributed by atoms with van der Waals surface area (Å²) in [6, 6.07) is 6.31. The Morgan fingerprint density at radius 2 is 2.21 bits per heavy atom.